The van der Waals surface area contributed by atoms with Crippen molar-refractivity contribution in [2.24, 2.45) is 0 Å². The highest BCUT2D eigenvalue weighted by Crippen LogP contribution is 2.40. The number of ketones is 1. The van der Waals surface area contributed by atoms with E-state index < -0.39 is 20.2 Å². The van der Waals surface area contributed by atoms with Crippen molar-refractivity contribution < 1.29 is 9.72 Å². The topological polar surface area (TPSA) is 60.2 Å². The number of halogens is 3. The monoisotopic (exact) mass is 343 g/mol. The molecule has 0 unspecified atom stereocenters. The summed E-state index contributed by atoms with van der Waals surface area (Å²) in [6, 6.07) is 12.0. The van der Waals surface area contributed by atoms with E-state index >= 15 is 0 Å². The molecule has 2 aromatic carbocycles. The molecule has 0 atom stereocenters. The third-order valence-electron chi connectivity index (χ3n) is 2.80. The zero-order valence-electron chi connectivity index (χ0n) is 10.4. The molecule has 0 bridgehead atoms. The SMILES string of the molecule is O=C(c1ccccc1)c1ccc(C(Cl)(Cl)Cl)cc1[N+](=O)[O-]. The Kier molecular flexibility index (Phi) is 4.52. The van der Waals surface area contributed by atoms with Crippen LogP contribution < -0.4 is 0 Å². The molecule has 7 heteroatoms. The molecule has 0 fully saturated rings. The van der Waals surface area contributed by atoms with Crippen molar-refractivity contribution in [3.05, 3.63) is 75.3 Å². The van der Waals surface area contributed by atoms with Crippen LogP contribution in [0, 0.1) is 10.1 Å². The minimum absolute atomic E-state index is 0.0517. The predicted octanol–water partition coefficient (Wildman–Crippen LogP) is 4.65. The molecule has 0 heterocycles. The summed E-state index contributed by atoms with van der Waals surface area (Å²) < 4.78 is -1.79. The van der Waals surface area contributed by atoms with Gasteiger partial charge in [0.2, 0.25) is 3.79 Å². The Labute approximate surface area is 135 Å². The second kappa shape index (κ2) is 6.02. The molecule has 0 aromatic heterocycles. The van der Waals surface area contributed by atoms with E-state index in [2.05, 4.69) is 0 Å². The highest BCUT2D eigenvalue weighted by molar-refractivity contribution is 6.66. The zero-order chi connectivity index (χ0) is 15.6. The van der Waals surface area contributed by atoms with Crippen LogP contribution in [0.2, 0.25) is 0 Å². The zero-order valence-corrected chi connectivity index (χ0v) is 12.7. The highest BCUT2D eigenvalue weighted by atomic mass is 35.6. The Morgan fingerprint density at radius 2 is 1.67 bits per heavy atom. The van der Waals surface area contributed by atoms with Gasteiger partial charge in [-0.15, -0.1) is 0 Å². The predicted molar refractivity (Wildman–Crippen MR) is 82.2 cm³/mol. The van der Waals surface area contributed by atoms with Gasteiger partial charge in [0.05, 0.1) is 4.92 Å². The summed E-state index contributed by atoms with van der Waals surface area (Å²) in [7, 11) is 0. The van der Waals surface area contributed by atoms with Crippen LogP contribution in [0.1, 0.15) is 21.5 Å². The molecule has 0 N–H and O–H groups in total. The quantitative estimate of drug-likeness (QED) is 0.352. The first-order valence-electron chi connectivity index (χ1n) is 5.76. The Morgan fingerprint density at radius 1 is 1.05 bits per heavy atom. The van der Waals surface area contributed by atoms with E-state index in [1.165, 1.54) is 12.1 Å². The van der Waals surface area contributed by atoms with Gasteiger partial charge >= 0.3 is 0 Å². The van der Waals surface area contributed by atoms with Crippen LogP contribution >= 0.6 is 34.8 Å². The summed E-state index contributed by atoms with van der Waals surface area (Å²) in [5.74, 6) is -0.460. The third kappa shape index (κ3) is 3.53. The van der Waals surface area contributed by atoms with Crippen LogP contribution in [0.4, 0.5) is 5.69 Å². The summed E-state index contributed by atoms with van der Waals surface area (Å²) in [6.07, 6.45) is 0. The number of benzene rings is 2. The van der Waals surface area contributed by atoms with Crippen molar-refractivity contribution in [3.8, 4) is 0 Å². The van der Waals surface area contributed by atoms with Gasteiger partial charge in [0.1, 0.15) is 5.56 Å². The molecule has 2 rings (SSSR count). The van der Waals surface area contributed by atoms with Crippen LogP contribution in [0.25, 0.3) is 0 Å². The van der Waals surface area contributed by atoms with Crippen molar-refractivity contribution >= 4 is 46.3 Å². The Balaban J connectivity index is 2.54. The number of nitro groups is 1. The van der Waals surface area contributed by atoms with Gasteiger partial charge in [-0.2, -0.15) is 0 Å². The summed E-state index contributed by atoms with van der Waals surface area (Å²) in [5, 5.41) is 11.2. The van der Waals surface area contributed by atoms with Crippen molar-refractivity contribution in [3.63, 3.8) is 0 Å². The van der Waals surface area contributed by atoms with Crippen molar-refractivity contribution in [1.82, 2.24) is 0 Å². The summed E-state index contributed by atoms with van der Waals surface area (Å²) in [4.78, 5) is 22.8. The van der Waals surface area contributed by atoms with E-state index in [0.717, 1.165) is 6.07 Å². The van der Waals surface area contributed by atoms with Gasteiger partial charge < -0.3 is 0 Å². The van der Waals surface area contributed by atoms with Gasteiger partial charge in [-0.25, -0.2) is 0 Å². The van der Waals surface area contributed by atoms with Gasteiger partial charge in [0.15, 0.2) is 5.78 Å². The van der Waals surface area contributed by atoms with E-state index in [0.29, 0.717) is 5.56 Å². The van der Waals surface area contributed by atoms with Crippen LogP contribution in [0.15, 0.2) is 48.5 Å². The lowest BCUT2D eigenvalue weighted by Gasteiger charge is -2.12. The highest BCUT2D eigenvalue weighted by Gasteiger charge is 2.28. The fourth-order valence-electron chi connectivity index (χ4n) is 1.80. The van der Waals surface area contributed by atoms with Gasteiger partial charge in [-0.05, 0) is 6.07 Å². The molecule has 2 aromatic rings. The average molecular weight is 345 g/mol. The number of nitrogens with zero attached hydrogens (tertiary/aromatic N) is 1. The first kappa shape index (κ1) is 15.8. The maximum Gasteiger partial charge on any atom is 0.280 e. The van der Waals surface area contributed by atoms with Gasteiger partial charge in [-0.3, -0.25) is 14.9 Å². The molecule has 0 saturated heterocycles. The smallest absolute Gasteiger partial charge is 0.280 e. The molecule has 4 nitrogen and oxygen atoms in total. The van der Waals surface area contributed by atoms with Crippen LogP contribution in [-0.4, -0.2) is 10.7 Å². The van der Waals surface area contributed by atoms with Gasteiger partial charge in [-0.1, -0.05) is 71.2 Å². The number of hydrogen-bond acceptors (Lipinski definition) is 3. The number of carbonyl (C=O) groups excluding carboxylic acids is 1. The summed E-state index contributed by atoms with van der Waals surface area (Å²) >= 11 is 17.1. The average Bonchev–Trinajstić information content (AvgIpc) is 2.45. The third-order valence-corrected chi connectivity index (χ3v) is 3.46. The van der Waals surface area contributed by atoms with E-state index in [1.54, 1.807) is 30.3 Å². The molecule has 0 amide bonds. The lowest BCUT2D eigenvalue weighted by molar-refractivity contribution is -0.385. The van der Waals surface area contributed by atoms with Gasteiger partial charge in [0, 0.05) is 17.2 Å². The van der Waals surface area contributed by atoms with Gasteiger partial charge in [0.25, 0.3) is 5.69 Å². The molecule has 0 aliphatic carbocycles. The fourth-order valence-corrected chi connectivity index (χ4v) is 2.15. The van der Waals surface area contributed by atoms with Crippen LogP contribution in [0.3, 0.4) is 0 Å². The van der Waals surface area contributed by atoms with Crippen LogP contribution in [0.5, 0.6) is 0 Å². The minimum Gasteiger partial charge on any atom is -0.288 e. The molecular weight excluding hydrogens is 337 g/mol. The van der Waals surface area contributed by atoms with Crippen LogP contribution in [-0.2, 0) is 3.79 Å². The van der Waals surface area contributed by atoms with Crippen molar-refractivity contribution in [2.45, 2.75) is 3.79 Å². The molecule has 21 heavy (non-hydrogen) atoms. The number of hydrogen-bond donors (Lipinski definition) is 0. The number of alkyl halides is 3. The summed E-state index contributed by atoms with van der Waals surface area (Å²) in [5.41, 5.74) is 0.0305. The normalized spacial score (nSPS) is 11.2. The second-order valence-corrected chi connectivity index (χ2v) is 6.46. The summed E-state index contributed by atoms with van der Waals surface area (Å²) in [6.45, 7) is 0. The van der Waals surface area contributed by atoms with E-state index in [4.69, 9.17) is 34.8 Å². The molecule has 0 aliphatic heterocycles. The second-order valence-electron chi connectivity index (χ2n) is 4.18. The number of carbonyl (C=O) groups is 1. The number of rotatable bonds is 3. The molecule has 0 radical (unpaired) electrons. The van der Waals surface area contributed by atoms with E-state index in [1.807, 2.05) is 0 Å². The van der Waals surface area contributed by atoms with Crippen molar-refractivity contribution in [2.75, 3.05) is 0 Å². The Bertz CT molecular complexity index is 696. The first-order valence-corrected chi connectivity index (χ1v) is 6.89. The molecule has 108 valence electrons. The largest absolute Gasteiger partial charge is 0.288 e. The Morgan fingerprint density at radius 3 is 2.19 bits per heavy atom. The molecule has 0 saturated carbocycles. The minimum atomic E-state index is -1.79. The maximum absolute atomic E-state index is 12.3. The lowest BCUT2D eigenvalue weighted by atomic mass is 10.0. The Hall–Kier alpha value is -1.62. The molecular formula is C14H8Cl3NO3. The van der Waals surface area contributed by atoms with E-state index in [9.17, 15) is 14.9 Å². The maximum atomic E-state index is 12.3. The van der Waals surface area contributed by atoms with Crippen molar-refractivity contribution in [1.29, 1.82) is 0 Å². The van der Waals surface area contributed by atoms with E-state index in [-0.39, 0.29) is 11.1 Å². The standard InChI is InChI=1S/C14H8Cl3NO3/c15-14(16,17)10-6-7-11(12(8-10)18(20)21)13(19)9-4-2-1-3-5-9/h1-8H. The lowest BCUT2D eigenvalue weighted by Crippen LogP contribution is -2.08. The molecule has 0 aliphatic rings. The molecule has 0 spiro atoms. The number of nitro benzene ring substituents is 1. The fraction of sp³-hybridized carbons (Fsp3) is 0.0714. The first-order chi connectivity index (χ1) is 9.80.